The van der Waals surface area contributed by atoms with Gasteiger partial charge in [0.1, 0.15) is 11.5 Å². The summed E-state index contributed by atoms with van der Waals surface area (Å²) in [7, 11) is 3.13. The topological polar surface area (TPSA) is 97.1 Å². The molecule has 0 aliphatic rings. The van der Waals surface area contributed by atoms with Gasteiger partial charge in [0.15, 0.2) is 11.9 Å². The van der Waals surface area contributed by atoms with Crippen LogP contribution in [0.25, 0.3) is 11.0 Å². The number of nitrogens with one attached hydrogen (secondary N) is 1. The van der Waals surface area contributed by atoms with Gasteiger partial charge in [0.2, 0.25) is 5.69 Å². The minimum absolute atomic E-state index is 0.0446. The quantitative estimate of drug-likeness (QED) is 0.427. The smallest absolute Gasteiger partial charge is 0.322 e. The molecule has 0 saturated heterocycles. The van der Waals surface area contributed by atoms with Crippen LogP contribution < -0.4 is 14.2 Å². The highest BCUT2D eigenvalue weighted by Crippen LogP contribution is 2.26. The molecule has 25 heavy (non-hydrogen) atoms. The van der Waals surface area contributed by atoms with E-state index in [1.807, 2.05) is 6.07 Å². The first kappa shape index (κ1) is 17.4. The Morgan fingerprint density at radius 3 is 2.68 bits per heavy atom. The lowest BCUT2D eigenvalue weighted by Gasteiger charge is -2.14. The predicted molar refractivity (Wildman–Crippen MR) is 94.2 cm³/mol. The molecule has 0 spiro atoms. The Hall–Kier alpha value is -2.45. The van der Waals surface area contributed by atoms with Crippen LogP contribution in [0.15, 0.2) is 29.6 Å². The van der Waals surface area contributed by atoms with E-state index in [0.29, 0.717) is 33.4 Å². The number of methoxy groups -OCH3 is 2. The number of aromatic nitrogens is 3. The lowest BCUT2D eigenvalue weighted by atomic mass is 10.1. The molecule has 0 aliphatic heterocycles. The van der Waals surface area contributed by atoms with Crippen LogP contribution in [0.1, 0.15) is 16.8 Å². The Morgan fingerprint density at radius 1 is 1.24 bits per heavy atom. The third kappa shape index (κ3) is 3.22. The molecule has 1 atom stereocenters. The second kappa shape index (κ2) is 6.81. The van der Waals surface area contributed by atoms with E-state index < -0.39 is 11.2 Å². The number of rotatable bonds is 5. The molecule has 3 aromatic rings. The van der Waals surface area contributed by atoms with Gasteiger partial charge in [-0.25, -0.2) is 0 Å². The highest BCUT2D eigenvalue weighted by Gasteiger charge is 2.26. The highest BCUT2D eigenvalue weighted by molar-refractivity contribution is 7.90. The van der Waals surface area contributed by atoms with Crippen molar-refractivity contribution in [2.45, 2.75) is 24.8 Å². The lowest BCUT2D eigenvalue weighted by molar-refractivity contribution is -0.613. The van der Waals surface area contributed by atoms with Crippen molar-refractivity contribution in [2.24, 2.45) is 0 Å². The molecule has 0 aliphatic carbocycles. The molecule has 2 heterocycles. The number of benzene rings is 1. The third-order valence-electron chi connectivity index (χ3n) is 4.06. The van der Waals surface area contributed by atoms with Crippen molar-refractivity contribution < 1.29 is 18.8 Å². The molecule has 1 aromatic carbocycles. The van der Waals surface area contributed by atoms with Gasteiger partial charge >= 0.3 is 5.16 Å². The second-order valence-corrected chi connectivity index (χ2v) is 7.02. The molecule has 0 bridgehead atoms. The van der Waals surface area contributed by atoms with E-state index in [4.69, 9.17) is 9.47 Å². The zero-order valence-electron chi connectivity index (χ0n) is 14.5. The van der Waals surface area contributed by atoms with Gasteiger partial charge < -0.3 is 19.2 Å². The van der Waals surface area contributed by atoms with Gasteiger partial charge in [-0.15, -0.1) is 0 Å². The minimum Gasteiger partial charge on any atom is -0.618 e. The first-order chi connectivity index (χ1) is 11.9. The fourth-order valence-electron chi connectivity index (χ4n) is 2.78. The zero-order chi connectivity index (χ0) is 18.1. The Bertz CT molecular complexity index is 926. The lowest BCUT2D eigenvalue weighted by Crippen LogP contribution is -2.35. The van der Waals surface area contributed by atoms with Crippen LogP contribution in [0.2, 0.25) is 0 Å². The van der Waals surface area contributed by atoms with E-state index in [2.05, 4.69) is 9.97 Å². The molecule has 3 rings (SSSR count). The average molecular weight is 361 g/mol. The Labute approximate surface area is 148 Å². The second-order valence-electron chi connectivity index (χ2n) is 5.66. The molecular weight excluding hydrogens is 342 g/mol. The highest BCUT2D eigenvalue weighted by atomic mass is 32.2. The zero-order valence-corrected chi connectivity index (χ0v) is 15.3. The fourth-order valence-corrected chi connectivity index (χ4v) is 3.93. The summed E-state index contributed by atoms with van der Waals surface area (Å²) in [5.41, 5.74) is 3.25. The summed E-state index contributed by atoms with van der Waals surface area (Å²) < 4.78 is 24.0. The van der Waals surface area contributed by atoms with Crippen LogP contribution in [0, 0.1) is 19.1 Å². The van der Waals surface area contributed by atoms with Gasteiger partial charge in [0.25, 0.3) is 0 Å². The maximum Gasteiger partial charge on any atom is 0.322 e. The first-order valence-electron chi connectivity index (χ1n) is 7.63. The van der Waals surface area contributed by atoms with E-state index in [1.165, 1.54) is 6.20 Å². The Balaban J connectivity index is 1.93. The normalized spacial score (nSPS) is 12.4. The summed E-state index contributed by atoms with van der Waals surface area (Å²) in [6.45, 7) is 3.59. The van der Waals surface area contributed by atoms with E-state index in [9.17, 15) is 9.76 Å². The van der Waals surface area contributed by atoms with Crippen molar-refractivity contribution in [1.82, 2.24) is 9.97 Å². The molecule has 1 N–H and O–H groups in total. The fraction of sp³-hybridized carbons (Fsp3) is 0.294. The monoisotopic (exact) mass is 361 g/mol. The van der Waals surface area contributed by atoms with Gasteiger partial charge in [0, 0.05) is 17.2 Å². The number of aryl methyl sites for hydroxylation is 1. The van der Waals surface area contributed by atoms with Crippen molar-refractivity contribution in [3.05, 3.63) is 46.4 Å². The molecule has 0 radical (unpaired) electrons. The van der Waals surface area contributed by atoms with Crippen LogP contribution in [-0.2, 0) is 16.9 Å². The third-order valence-corrected chi connectivity index (χ3v) is 5.22. The molecule has 2 aromatic heterocycles. The van der Waals surface area contributed by atoms with Gasteiger partial charge in [-0.2, -0.15) is 9.71 Å². The van der Waals surface area contributed by atoms with Crippen LogP contribution in [0.5, 0.6) is 11.5 Å². The standard InChI is InChI=1S/C17H19N3O4S/c1-10-8-20(21)15(11(2)16(10)24-4)9-25(22)17-18-13-6-5-12(23-3)7-14(13)19-17/h5-8H,9H2,1-4H3,(H,18,19)/t25-/m1/s1. The van der Waals surface area contributed by atoms with E-state index in [1.54, 1.807) is 40.2 Å². The first-order valence-corrected chi connectivity index (χ1v) is 8.94. The van der Waals surface area contributed by atoms with E-state index in [0.717, 1.165) is 15.8 Å². The largest absolute Gasteiger partial charge is 0.618 e. The number of hydrogen-bond donors (Lipinski definition) is 1. The van der Waals surface area contributed by atoms with Crippen LogP contribution >= 0.6 is 0 Å². The summed E-state index contributed by atoms with van der Waals surface area (Å²) in [6, 6.07) is 5.38. The van der Waals surface area contributed by atoms with Gasteiger partial charge in [-0.3, -0.25) is 4.98 Å². The molecular formula is C17H19N3O4S. The molecule has 0 fully saturated rings. The summed E-state index contributed by atoms with van der Waals surface area (Å²) in [5.74, 6) is 1.35. The molecule has 0 unspecified atom stereocenters. The van der Waals surface area contributed by atoms with Crippen molar-refractivity contribution in [2.75, 3.05) is 14.2 Å². The van der Waals surface area contributed by atoms with Gasteiger partial charge in [0.05, 0.1) is 36.4 Å². The number of ether oxygens (including phenoxy) is 2. The molecule has 8 heteroatoms. The van der Waals surface area contributed by atoms with Crippen molar-refractivity contribution in [1.29, 1.82) is 0 Å². The number of aromatic amines is 1. The molecule has 7 nitrogen and oxygen atoms in total. The number of imidazole rings is 1. The summed E-state index contributed by atoms with van der Waals surface area (Å²) in [6.07, 6.45) is 1.43. The maximum absolute atomic E-state index is 12.7. The Morgan fingerprint density at radius 2 is 2.00 bits per heavy atom. The maximum atomic E-state index is 12.7. The summed E-state index contributed by atoms with van der Waals surface area (Å²) in [4.78, 5) is 7.40. The summed E-state index contributed by atoms with van der Waals surface area (Å²) in [5, 5.41) is 12.6. The number of hydrogen-bond acceptors (Lipinski definition) is 5. The van der Waals surface area contributed by atoms with Gasteiger partial charge in [-0.1, -0.05) is 0 Å². The van der Waals surface area contributed by atoms with Crippen molar-refractivity contribution >= 4 is 22.2 Å². The van der Waals surface area contributed by atoms with Crippen molar-refractivity contribution in [3.63, 3.8) is 0 Å². The predicted octanol–water partition coefficient (Wildman–Crippen LogP) is 2.14. The van der Waals surface area contributed by atoms with Crippen LogP contribution in [-0.4, -0.2) is 28.7 Å². The number of H-pyrrole nitrogens is 1. The summed E-state index contributed by atoms with van der Waals surface area (Å²) >= 11 is -1.50. The van der Waals surface area contributed by atoms with E-state index >= 15 is 0 Å². The molecule has 132 valence electrons. The minimum atomic E-state index is -1.50. The number of pyridine rings is 1. The SMILES string of the molecule is COc1ccc2[nH]c([S@+]([O-])Cc3c(C)c(OC)c(C)c[n+]3[O-])nc2c1. The Kier molecular flexibility index (Phi) is 4.73. The molecule has 0 saturated carbocycles. The van der Waals surface area contributed by atoms with Crippen LogP contribution in [0.3, 0.4) is 0 Å². The number of nitrogens with zero attached hydrogens (tertiary/aromatic N) is 2. The van der Waals surface area contributed by atoms with Gasteiger partial charge in [-0.05, 0) is 26.0 Å². The average Bonchev–Trinajstić information content (AvgIpc) is 3.01. The number of fused-ring (bicyclic) bond motifs is 1. The van der Waals surface area contributed by atoms with Crippen LogP contribution in [0.4, 0.5) is 0 Å². The molecule has 0 amide bonds. The van der Waals surface area contributed by atoms with E-state index in [-0.39, 0.29) is 5.75 Å². The van der Waals surface area contributed by atoms with Crippen molar-refractivity contribution in [3.8, 4) is 11.5 Å².